The lowest BCUT2D eigenvalue weighted by Gasteiger charge is -2.38. The van der Waals surface area contributed by atoms with Gasteiger partial charge in [0.05, 0.1) is 25.9 Å². The van der Waals surface area contributed by atoms with E-state index in [1.807, 2.05) is 36.5 Å². The maximum Gasteiger partial charge on any atom is 0.183 e. The Morgan fingerprint density at radius 1 is 1.38 bits per heavy atom. The second-order valence-electron chi connectivity index (χ2n) is 6.10. The number of hydrogen-bond acceptors (Lipinski definition) is 6. The van der Waals surface area contributed by atoms with E-state index in [0.29, 0.717) is 13.2 Å². The molecule has 0 aliphatic carbocycles. The van der Waals surface area contributed by atoms with Gasteiger partial charge in [0.2, 0.25) is 0 Å². The van der Waals surface area contributed by atoms with Crippen molar-refractivity contribution in [3.05, 3.63) is 48.3 Å². The van der Waals surface area contributed by atoms with E-state index in [2.05, 4.69) is 10.4 Å². The minimum Gasteiger partial charge on any atom is -0.497 e. The van der Waals surface area contributed by atoms with Gasteiger partial charge in [-0.25, -0.2) is 0 Å². The first-order chi connectivity index (χ1) is 11.8. The van der Waals surface area contributed by atoms with Crippen molar-refractivity contribution in [2.45, 2.75) is 37.1 Å². The van der Waals surface area contributed by atoms with Crippen molar-refractivity contribution in [1.82, 2.24) is 15.1 Å². The lowest BCUT2D eigenvalue weighted by molar-refractivity contribution is -0.168. The van der Waals surface area contributed by atoms with Crippen LogP contribution in [0.5, 0.6) is 5.75 Å². The molecule has 0 amide bonds. The zero-order chi connectivity index (χ0) is 16.5. The van der Waals surface area contributed by atoms with Crippen LogP contribution in [-0.2, 0) is 16.0 Å². The minimum atomic E-state index is -0.644. The summed E-state index contributed by atoms with van der Waals surface area (Å²) in [6.45, 7) is 1.10. The molecule has 0 saturated carbocycles. The number of hydrogen-bond donors (Lipinski definition) is 2. The van der Waals surface area contributed by atoms with Crippen LogP contribution >= 0.6 is 0 Å². The van der Waals surface area contributed by atoms with Gasteiger partial charge in [-0.15, -0.1) is 0 Å². The summed E-state index contributed by atoms with van der Waals surface area (Å²) in [5, 5.41) is 18.5. The third-order valence-corrected chi connectivity index (χ3v) is 4.66. The van der Waals surface area contributed by atoms with Crippen LogP contribution in [0.3, 0.4) is 0 Å². The second-order valence-corrected chi connectivity index (χ2v) is 6.10. The average Bonchev–Trinajstić information content (AvgIpc) is 3.27. The van der Waals surface area contributed by atoms with Crippen LogP contribution in [0.25, 0.3) is 0 Å². The molecule has 4 rings (SSSR count). The van der Waals surface area contributed by atoms with Crippen LogP contribution in [0, 0.1) is 0 Å². The highest BCUT2D eigenvalue weighted by atomic mass is 16.7. The van der Waals surface area contributed by atoms with Gasteiger partial charge in [0, 0.05) is 18.9 Å². The molecule has 2 N–H and O–H groups in total. The summed E-state index contributed by atoms with van der Waals surface area (Å²) in [7, 11) is 1.65. The molecule has 2 fully saturated rings. The number of fused-ring (bicyclic) bond motifs is 2. The zero-order valence-electron chi connectivity index (χ0n) is 13.4. The number of aliphatic hydroxyl groups excluding tert-OH is 1. The highest BCUT2D eigenvalue weighted by molar-refractivity contribution is 5.27. The van der Waals surface area contributed by atoms with Crippen molar-refractivity contribution < 1.29 is 19.3 Å². The molecule has 0 unspecified atom stereocenters. The summed E-state index contributed by atoms with van der Waals surface area (Å²) < 4.78 is 18.5. The molecular weight excluding hydrogens is 310 g/mol. The van der Waals surface area contributed by atoms with Crippen molar-refractivity contribution in [3.8, 4) is 5.75 Å². The zero-order valence-corrected chi connectivity index (χ0v) is 13.4. The van der Waals surface area contributed by atoms with E-state index >= 15 is 0 Å². The van der Waals surface area contributed by atoms with Crippen molar-refractivity contribution >= 4 is 0 Å². The number of benzene rings is 1. The molecule has 2 bridgehead atoms. The smallest absolute Gasteiger partial charge is 0.183 e. The van der Waals surface area contributed by atoms with E-state index in [9.17, 15) is 5.11 Å². The molecule has 5 atom stereocenters. The molecule has 2 aliphatic heterocycles. The molecule has 3 heterocycles. The third kappa shape index (κ3) is 2.80. The number of nitrogens with zero attached hydrogens (tertiary/aromatic N) is 2. The molecule has 7 nitrogen and oxygen atoms in total. The number of aliphatic hydroxyl groups is 1. The highest BCUT2D eigenvalue weighted by Crippen LogP contribution is 2.35. The highest BCUT2D eigenvalue weighted by Gasteiger charge is 2.50. The van der Waals surface area contributed by atoms with E-state index in [1.165, 1.54) is 0 Å². The molecular formula is C17H21N3O4. The van der Waals surface area contributed by atoms with Crippen LogP contribution in [0.15, 0.2) is 42.7 Å². The van der Waals surface area contributed by atoms with E-state index < -0.39 is 12.4 Å². The van der Waals surface area contributed by atoms with Crippen LogP contribution in [0.4, 0.5) is 0 Å². The largest absolute Gasteiger partial charge is 0.497 e. The van der Waals surface area contributed by atoms with Gasteiger partial charge in [-0.1, -0.05) is 12.1 Å². The summed E-state index contributed by atoms with van der Waals surface area (Å²) in [5.41, 5.74) is 1.11. The standard InChI is InChI=1S/C17H21N3O4/c1-22-12-5-3-11(4-6-12)9-18-14-13-10-23-17(24-13)15(16(14)21)20-8-2-7-19-20/h2-8,13-18,21H,9-10H2,1H3/t13-,14-,15-,16+,17-/m1/s1. The van der Waals surface area contributed by atoms with Crippen LogP contribution in [-0.4, -0.2) is 53.1 Å². The lowest BCUT2D eigenvalue weighted by atomic mass is 9.96. The number of rotatable bonds is 5. The Hall–Kier alpha value is -1.93. The SMILES string of the molecule is COc1ccc(CN[C@H]2[C@H](O)[C@@H](n3cccn3)[C@@H]3OC[C@H]2O3)cc1. The normalized spacial score (nSPS) is 32.0. The van der Waals surface area contributed by atoms with E-state index in [4.69, 9.17) is 14.2 Å². The first-order valence-electron chi connectivity index (χ1n) is 8.07. The molecule has 1 aromatic carbocycles. The quantitative estimate of drug-likeness (QED) is 0.840. The summed E-state index contributed by atoms with van der Waals surface area (Å²) in [6.07, 6.45) is 2.25. The Bertz CT molecular complexity index is 661. The number of ether oxygens (including phenoxy) is 3. The van der Waals surface area contributed by atoms with Crippen molar-refractivity contribution in [2.24, 2.45) is 0 Å². The summed E-state index contributed by atoms with van der Waals surface area (Å²) in [5.74, 6) is 0.825. The second kappa shape index (κ2) is 6.52. The van der Waals surface area contributed by atoms with Crippen LogP contribution in [0.2, 0.25) is 0 Å². The monoisotopic (exact) mass is 331 g/mol. The van der Waals surface area contributed by atoms with Crippen molar-refractivity contribution in [1.29, 1.82) is 0 Å². The maximum absolute atomic E-state index is 10.8. The Labute approximate surface area is 140 Å². The molecule has 2 aliphatic rings. The lowest BCUT2D eigenvalue weighted by Crippen LogP contribution is -2.57. The Morgan fingerprint density at radius 3 is 2.92 bits per heavy atom. The molecule has 24 heavy (non-hydrogen) atoms. The summed E-state index contributed by atoms with van der Waals surface area (Å²) in [6, 6.07) is 9.10. The molecule has 2 aromatic rings. The van der Waals surface area contributed by atoms with Gasteiger partial charge in [-0.05, 0) is 23.8 Å². The molecule has 2 saturated heterocycles. The van der Waals surface area contributed by atoms with Gasteiger partial charge in [-0.3, -0.25) is 4.68 Å². The number of aromatic nitrogens is 2. The molecule has 1 aromatic heterocycles. The predicted octanol–water partition coefficient (Wildman–Crippen LogP) is 0.707. The first-order valence-corrected chi connectivity index (χ1v) is 8.07. The fourth-order valence-electron chi connectivity index (χ4n) is 3.37. The van der Waals surface area contributed by atoms with Crippen LogP contribution in [0.1, 0.15) is 11.6 Å². The van der Waals surface area contributed by atoms with Gasteiger partial charge >= 0.3 is 0 Å². The number of nitrogens with one attached hydrogen (secondary N) is 1. The molecule has 128 valence electrons. The summed E-state index contributed by atoms with van der Waals surface area (Å²) in [4.78, 5) is 0. The topological polar surface area (TPSA) is 77.8 Å². The number of methoxy groups -OCH3 is 1. The van der Waals surface area contributed by atoms with Gasteiger partial charge in [0.25, 0.3) is 0 Å². The van der Waals surface area contributed by atoms with Crippen molar-refractivity contribution in [2.75, 3.05) is 13.7 Å². The molecule has 7 heteroatoms. The third-order valence-electron chi connectivity index (χ3n) is 4.66. The molecule has 0 spiro atoms. The van der Waals surface area contributed by atoms with Crippen molar-refractivity contribution in [3.63, 3.8) is 0 Å². The van der Waals surface area contributed by atoms with Gasteiger partial charge in [0.15, 0.2) is 6.29 Å². The van der Waals surface area contributed by atoms with E-state index in [0.717, 1.165) is 11.3 Å². The van der Waals surface area contributed by atoms with E-state index in [1.54, 1.807) is 18.0 Å². The average molecular weight is 331 g/mol. The fraction of sp³-hybridized carbons (Fsp3) is 0.471. The van der Waals surface area contributed by atoms with Crippen LogP contribution < -0.4 is 10.1 Å². The Morgan fingerprint density at radius 2 is 2.21 bits per heavy atom. The Kier molecular flexibility index (Phi) is 4.24. The molecule has 0 radical (unpaired) electrons. The van der Waals surface area contributed by atoms with Gasteiger partial charge < -0.3 is 24.6 Å². The van der Waals surface area contributed by atoms with Gasteiger partial charge in [0.1, 0.15) is 17.9 Å². The first kappa shape index (κ1) is 15.6. The Balaban J connectivity index is 1.47. The fourth-order valence-corrected chi connectivity index (χ4v) is 3.37. The maximum atomic E-state index is 10.8. The van der Waals surface area contributed by atoms with Gasteiger partial charge in [-0.2, -0.15) is 5.10 Å². The van der Waals surface area contributed by atoms with E-state index in [-0.39, 0.29) is 18.2 Å². The minimum absolute atomic E-state index is 0.157. The predicted molar refractivity (Wildman–Crippen MR) is 85.5 cm³/mol. The summed E-state index contributed by atoms with van der Waals surface area (Å²) >= 11 is 0.